The van der Waals surface area contributed by atoms with Crippen LogP contribution in [0, 0.1) is 0 Å². The molecule has 1 saturated carbocycles. The topological polar surface area (TPSA) is 128 Å². The highest BCUT2D eigenvalue weighted by atomic mass is 16.1. The number of nitrogens with zero attached hydrogens (tertiary/aromatic N) is 4. The average Bonchev–Trinajstić information content (AvgIpc) is 3.06. The Balaban J connectivity index is 1.73. The molecular formula is C19H25N7O2. The van der Waals surface area contributed by atoms with Crippen molar-refractivity contribution in [1.29, 1.82) is 0 Å². The molecule has 2 aromatic rings. The SMILES string of the molecule is C=CC(=O)NC1CCC[C@@H](Nc2cnc(C(N)=O)c(Cc3cnn(C)c3)n2)C1. The lowest BCUT2D eigenvalue weighted by molar-refractivity contribution is -0.117. The van der Waals surface area contributed by atoms with E-state index >= 15 is 0 Å². The van der Waals surface area contributed by atoms with Gasteiger partial charge in [0.2, 0.25) is 5.91 Å². The summed E-state index contributed by atoms with van der Waals surface area (Å²) in [5.41, 5.74) is 7.05. The Bertz CT molecular complexity index is 877. The van der Waals surface area contributed by atoms with E-state index in [1.807, 2.05) is 13.2 Å². The van der Waals surface area contributed by atoms with Crippen LogP contribution >= 0.6 is 0 Å². The number of aryl methyl sites for hydroxylation is 1. The molecule has 3 rings (SSSR count). The number of aromatic nitrogens is 4. The van der Waals surface area contributed by atoms with Gasteiger partial charge in [-0.25, -0.2) is 9.97 Å². The van der Waals surface area contributed by atoms with E-state index in [1.54, 1.807) is 10.9 Å². The Morgan fingerprint density at radius 2 is 2.14 bits per heavy atom. The zero-order valence-electron chi connectivity index (χ0n) is 15.9. The second kappa shape index (κ2) is 8.64. The highest BCUT2D eigenvalue weighted by Crippen LogP contribution is 2.22. The van der Waals surface area contributed by atoms with Gasteiger partial charge in [-0.2, -0.15) is 5.10 Å². The summed E-state index contributed by atoms with van der Waals surface area (Å²) >= 11 is 0. The van der Waals surface area contributed by atoms with Crippen molar-refractivity contribution in [1.82, 2.24) is 25.1 Å². The first kappa shape index (κ1) is 19.5. The first-order valence-electron chi connectivity index (χ1n) is 9.27. The van der Waals surface area contributed by atoms with Crippen molar-refractivity contribution >= 4 is 17.6 Å². The molecule has 4 N–H and O–H groups in total. The van der Waals surface area contributed by atoms with Crippen molar-refractivity contribution in [3.63, 3.8) is 0 Å². The molecule has 0 bridgehead atoms. The maximum atomic E-state index is 11.7. The summed E-state index contributed by atoms with van der Waals surface area (Å²) in [6.45, 7) is 3.49. The molecule has 2 amide bonds. The molecule has 1 unspecified atom stereocenters. The summed E-state index contributed by atoms with van der Waals surface area (Å²) in [5, 5.41) is 10.5. The monoisotopic (exact) mass is 383 g/mol. The lowest BCUT2D eigenvalue weighted by atomic mass is 9.91. The van der Waals surface area contributed by atoms with Crippen LogP contribution in [0.2, 0.25) is 0 Å². The summed E-state index contributed by atoms with van der Waals surface area (Å²) in [4.78, 5) is 32.1. The number of anilines is 1. The third-order valence-corrected chi connectivity index (χ3v) is 4.77. The van der Waals surface area contributed by atoms with Gasteiger partial charge in [0.1, 0.15) is 11.5 Å². The molecule has 1 aliphatic rings. The molecule has 0 aliphatic heterocycles. The Kier molecular flexibility index (Phi) is 6.03. The van der Waals surface area contributed by atoms with E-state index in [1.165, 1.54) is 12.3 Å². The fraction of sp³-hybridized carbons (Fsp3) is 0.421. The van der Waals surface area contributed by atoms with Crippen LogP contribution < -0.4 is 16.4 Å². The Morgan fingerprint density at radius 3 is 2.82 bits per heavy atom. The van der Waals surface area contributed by atoms with Crippen LogP contribution in [-0.2, 0) is 18.3 Å². The standard InChI is InChI=1S/C19H25N7O2/c1-3-17(27)24-14-6-4-5-13(8-14)23-16-10-21-18(19(20)28)15(25-16)7-12-9-22-26(2)11-12/h3,9-11,13-14H,1,4-8H2,2H3,(H2,20,28)(H,23,25)(H,24,27)/t13-,14?/m1/s1. The van der Waals surface area contributed by atoms with Crippen molar-refractivity contribution < 1.29 is 9.59 Å². The van der Waals surface area contributed by atoms with Gasteiger partial charge in [-0.15, -0.1) is 0 Å². The van der Waals surface area contributed by atoms with Crippen molar-refractivity contribution in [2.24, 2.45) is 12.8 Å². The zero-order valence-corrected chi connectivity index (χ0v) is 15.9. The summed E-state index contributed by atoms with van der Waals surface area (Å²) in [5.74, 6) is -0.178. The molecule has 9 nitrogen and oxygen atoms in total. The van der Waals surface area contributed by atoms with Crippen LogP contribution in [0.5, 0.6) is 0 Å². The van der Waals surface area contributed by atoms with Gasteiger partial charge in [0, 0.05) is 31.7 Å². The van der Waals surface area contributed by atoms with Gasteiger partial charge < -0.3 is 16.4 Å². The van der Waals surface area contributed by atoms with Gasteiger partial charge in [-0.05, 0) is 37.3 Å². The second-order valence-corrected chi connectivity index (χ2v) is 7.03. The van der Waals surface area contributed by atoms with E-state index < -0.39 is 5.91 Å². The number of hydrogen-bond donors (Lipinski definition) is 3. The first-order valence-corrected chi connectivity index (χ1v) is 9.27. The van der Waals surface area contributed by atoms with Crippen LogP contribution in [0.1, 0.15) is 47.4 Å². The van der Waals surface area contributed by atoms with E-state index in [-0.39, 0.29) is 23.7 Å². The van der Waals surface area contributed by atoms with Crippen molar-refractivity contribution in [2.45, 2.75) is 44.2 Å². The minimum Gasteiger partial charge on any atom is -0.366 e. The first-order chi connectivity index (χ1) is 13.4. The van der Waals surface area contributed by atoms with Crippen molar-refractivity contribution in [3.05, 3.63) is 48.2 Å². The molecule has 0 saturated heterocycles. The van der Waals surface area contributed by atoms with Gasteiger partial charge in [-0.3, -0.25) is 14.3 Å². The molecule has 28 heavy (non-hydrogen) atoms. The van der Waals surface area contributed by atoms with Gasteiger partial charge in [0.05, 0.1) is 18.1 Å². The van der Waals surface area contributed by atoms with Crippen LogP contribution in [0.3, 0.4) is 0 Å². The van der Waals surface area contributed by atoms with Crippen LogP contribution in [0.25, 0.3) is 0 Å². The average molecular weight is 383 g/mol. The Morgan fingerprint density at radius 1 is 1.36 bits per heavy atom. The predicted molar refractivity (Wildman–Crippen MR) is 105 cm³/mol. The zero-order chi connectivity index (χ0) is 20.1. The number of rotatable bonds is 7. The molecule has 0 spiro atoms. The van der Waals surface area contributed by atoms with Gasteiger partial charge in [0.15, 0.2) is 0 Å². The van der Waals surface area contributed by atoms with Gasteiger partial charge >= 0.3 is 0 Å². The summed E-state index contributed by atoms with van der Waals surface area (Å²) in [6, 6.07) is 0.258. The molecule has 1 fully saturated rings. The smallest absolute Gasteiger partial charge is 0.269 e. The molecule has 0 aromatic carbocycles. The van der Waals surface area contributed by atoms with E-state index in [2.05, 4.69) is 32.3 Å². The number of carbonyl (C=O) groups excluding carboxylic acids is 2. The lowest BCUT2D eigenvalue weighted by Gasteiger charge is -2.30. The van der Waals surface area contributed by atoms with E-state index in [0.29, 0.717) is 17.9 Å². The minimum absolute atomic E-state index is 0.101. The normalized spacial score (nSPS) is 19.0. The van der Waals surface area contributed by atoms with E-state index in [9.17, 15) is 9.59 Å². The maximum Gasteiger partial charge on any atom is 0.269 e. The number of hydrogen-bond acceptors (Lipinski definition) is 6. The third-order valence-electron chi connectivity index (χ3n) is 4.77. The highest BCUT2D eigenvalue weighted by molar-refractivity contribution is 5.92. The highest BCUT2D eigenvalue weighted by Gasteiger charge is 2.23. The van der Waals surface area contributed by atoms with Crippen LogP contribution in [0.15, 0.2) is 31.2 Å². The molecule has 148 valence electrons. The molecular weight excluding hydrogens is 358 g/mol. The van der Waals surface area contributed by atoms with Crippen LogP contribution in [-0.4, -0.2) is 43.6 Å². The molecule has 2 aromatic heterocycles. The number of amides is 2. The Hall–Kier alpha value is -3.23. The predicted octanol–water partition coefficient (Wildman–Crippen LogP) is 0.925. The number of primary amides is 1. The third kappa shape index (κ3) is 4.93. The molecule has 9 heteroatoms. The fourth-order valence-electron chi connectivity index (χ4n) is 3.50. The largest absolute Gasteiger partial charge is 0.366 e. The van der Waals surface area contributed by atoms with E-state index in [4.69, 9.17) is 5.73 Å². The Labute approximate surface area is 163 Å². The van der Waals surface area contributed by atoms with Crippen molar-refractivity contribution in [3.8, 4) is 0 Å². The molecule has 1 aliphatic carbocycles. The molecule has 2 atom stereocenters. The quantitative estimate of drug-likeness (QED) is 0.610. The molecule has 0 radical (unpaired) electrons. The lowest BCUT2D eigenvalue weighted by Crippen LogP contribution is -2.41. The summed E-state index contributed by atoms with van der Waals surface area (Å²) < 4.78 is 1.69. The minimum atomic E-state index is -0.609. The van der Waals surface area contributed by atoms with Gasteiger partial charge in [-0.1, -0.05) is 6.58 Å². The molecule has 2 heterocycles. The van der Waals surface area contributed by atoms with Crippen molar-refractivity contribution in [2.75, 3.05) is 5.32 Å². The van der Waals surface area contributed by atoms with E-state index in [0.717, 1.165) is 31.2 Å². The van der Waals surface area contributed by atoms with Gasteiger partial charge in [0.25, 0.3) is 5.91 Å². The van der Waals surface area contributed by atoms with Crippen LogP contribution in [0.4, 0.5) is 5.82 Å². The second-order valence-electron chi connectivity index (χ2n) is 7.03. The maximum absolute atomic E-state index is 11.7. The number of nitrogens with one attached hydrogen (secondary N) is 2. The number of nitrogens with two attached hydrogens (primary N) is 1. The summed E-state index contributed by atoms with van der Waals surface area (Å²) in [6.07, 6.45) is 10.5. The fourth-order valence-corrected chi connectivity index (χ4v) is 3.50. The number of carbonyl (C=O) groups is 2. The summed E-state index contributed by atoms with van der Waals surface area (Å²) in [7, 11) is 1.83.